The van der Waals surface area contributed by atoms with Gasteiger partial charge in [-0.05, 0) is 6.07 Å². The highest BCUT2D eigenvalue weighted by atomic mass is 32.2. The molecule has 0 saturated carbocycles. The van der Waals surface area contributed by atoms with E-state index in [0.717, 1.165) is 12.3 Å². The minimum absolute atomic E-state index is 0.114. The monoisotopic (exact) mass is 257 g/mol. The second-order valence-electron chi connectivity index (χ2n) is 2.67. The molecule has 0 aliphatic carbocycles. The highest BCUT2D eigenvalue weighted by Crippen LogP contribution is 2.31. The maximum atomic E-state index is 12.7. The molecule has 0 aliphatic heterocycles. The third kappa shape index (κ3) is 2.49. The normalized spacial score (nSPS) is 13.9. The second-order valence-corrected chi connectivity index (χ2v) is 4.17. The SMILES string of the molecule is COc1ccnc(S(=O)C(F)(F)C(F)F)c1. The minimum Gasteiger partial charge on any atom is -0.497 e. The summed E-state index contributed by atoms with van der Waals surface area (Å²) in [7, 11) is -1.95. The van der Waals surface area contributed by atoms with Crippen LogP contribution in [0.1, 0.15) is 0 Å². The Kier molecular flexibility index (Phi) is 3.84. The average Bonchev–Trinajstić information content (AvgIpc) is 2.27. The van der Waals surface area contributed by atoms with Crippen LogP contribution in [0.4, 0.5) is 17.6 Å². The van der Waals surface area contributed by atoms with Gasteiger partial charge in [0.25, 0.3) is 0 Å². The van der Waals surface area contributed by atoms with E-state index in [4.69, 9.17) is 0 Å². The number of pyridine rings is 1. The average molecular weight is 257 g/mol. The van der Waals surface area contributed by atoms with Gasteiger partial charge in [-0.15, -0.1) is 0 Å². The van der Waals surface area contributed by atoms with Crippen molar-refractivity contribution in [2.75, 3.05) is 7.11 Å². The van der Waals surface area contributed by atoms with Gasteiger partial charge in [0.1, 0.15) is 21.6 Å². The first-order valence-electron chi connectivity index (χ1n) is 3.97. The second kappa shape index (κ2) is 4.77. The maximum Gasteiger partial charge on any atom is 0.386 e. The molecule has 0 spiro atoms. The van der Waals surface area contributed by atoms with E-state index in [1.807, 2.05) is 0 Å². The third-order valence-electron chi connectivity index (χ3n) is 1.63. The van der Waals surface area contributed by atoms with Crippen LogP contribution in [0, 0.1) is 0 Å². The molecule has 0 saturated heterocycles. The fraction of sp³-hybridized carbons (Fsp3) is 0.375. The molecule has 16 heavy (non-hydrogen) atoms. The summed E-state index contributed by atoms with van der Waals surface area (Å²) in [5, 5.41) is -5.27. The first-order chi connectivity index (χ1) is 7.39. The van der Waals surface area contributed by atoms with Crippen molar-refractivity contribution in [3.05, 3.63) is 18.3 Å². The maximum absolute atomic E-state index is 12.7. The molecule has 1 aromatic rings. The molecule has 0 bridgehead atoms. The Hall–Kier alpha value is -1.18. The molecule has 0 N–H and O–H groups in total. The van der Waals surface area contributed by atoms with E-state index in [1.165, 1.54) is 13.2 Å². The Morgan fingerprint density at radius 2 is 2.12 bits per heavy atom. The number of aromatic nitrogens is 1. The number of halogens is 4. The van der Waals surface area contributed by atoms with E-state index in [-0.39, 0.29) is 5.75 Å². The van der Waals surface area contributed by atoms with Gasteiger partial charge in [0.05, 0.1) is 7.11 Å². The van der Waals surface area contributed by atoms with Crippen molar-refractivity contribution in [1.82, 2.24) is 4.98 Å². The molecular weight excluding hydrogens is 250 g/mol. The van der Waals surface area contributed by atoms with Crippen LogP contribution in [0.3, 0.4) is 0 Å². The molecule has 1 aromatic heterocycles. The van der Waals surface area contributed by atoms with E-state index in [1.54, 1.807) is 0 Å². The topological polar surface area (TPSA) is 39.2 Å². The third-order valence-corrected chi connectivity index (χ3v) is 2.91. The highest BCUT2D eigenvalue weighted by Gasteiger charge is 2.48. The van der Waals surface area contributed by atoms with Gasteiger partial charge >= 0.3 is 11.7 Å². The van der Waals surface area contributed by atoms with Gasteiger partial charge in [0, 0.05) is 12.3 Å². The molecule has 0 fully saturated rings. The van der Waals surface area contributed by atoms with Crippen LogP contribution in [-0.4, -0.2) is 28.0 Å². The molecule has 90 valence electrons. The van der Waals surface area contributed by atoms with Gasteiger partial charge in [0.2, 0.25) is 0 Å². The molecule has 3 nitrogen and oxygen atoms in total. The number of nitrogens with zero attached hydrogens (tertiary/aromatic N) is 1. The quantitative estimate of drug-likeness (QED) is 0.775. The van der Waals surface area contributed by atoms with Crippen LogP contribution in [0.2, 0.25) is 0 Å². The van der Waals surface area contributed by atoms with E-state index in [2.05, 4.69) is 9.72 Å². The summed E-state index contributed by atoms with van der Waals surface area (Å²) in [6.07, 6.45) is -2.96. The standard InChI is InChI=1S/C8H7F4NO2S/c1-15-5-2-3-13-6(4-5)16(14)8(11,12)7(9)10/h2-4,7H,1H3. The molecule has 8 heteroatoms. The molecular formula is C8H7F4NO2S. The van der Waals surface area contributed by atoms with Crippen molar-refractivity contribution in [3.8, 4) is 5.75 Å². The summed E-state index contributed by atoms with van der Waals surface area (Å²) in [5.41, 5.74) is 0. The van der Waals surface area contributed by atoms with Crippen LogP contribution in [0.15, 0.2) is 23.4 Å². The van der Waals surface area contributed by atoms with Crippen molar-refractivity contribution in [2.24, 2.45) is 0 Å². The van der Waals surface area contributed by atoms with E-state index >= 15 is 0 Å². The Morgan fingerprint density at radius 3 is 2.62 bits per heavy atom. The fourth-order valence-corrected chi connectivity index (χ4v) is 1.66. The van der Waals surface area contributed by atoms with E-state index in [9.17, 15) is 21.8 Å². The Balaban J connectivity index is 3.05. The van der Waals surface area contributed by atoms with Crippen molar-refractivity contribution >= 4 is 10.8 Å². The predicted octanol–water partition coefficient (Wildman–Crippen LogP) is 2.06. The zero-order chi connectivity index (χ0) is 12.3. The zero-order valence-electron chi connectivity index (χ0n) is 7.99. The number of methoxy groups -OCH3 is 1. The van der Waals surface area contributed by atoms with E-state index in [0.29, 0.717) is 0 Å². The van der Waals surface area contributed by atoms with Gasteiger partial charge in [-0.25, -0.2) is 18.0 Å². The number of hydrogen-bond acceptors (Lipinski definition) is 3. The van der Waals surface area contributed by atoms with Crippen molar-refractivity contribution in [3.63, 3.8) is 0 Å². The molecule has 0 aromatic carbocycles. The minimum atomic E-state index is -4.63. The van der Waals surface area contributed by atoms with Crippen molar-refractivity contribution < 1.29 is 26.5 Å². The summed E-state index contributed by atoms with van der Waals surface area (Å²) >= 11 is 0. The van der Waals surface area contributed by atoms with Crippen molar-refractivity contribution in [2.45, 2.75) is 16.7 Å². The molecule has 1 atom stereocenters. The lowest BCUT2D eigenvalue weighted by atomic mass is 10.5. The molecule has 1 unspecified atom stereocenters. The molecule has 1 rings (SSSR count). The lowest BCUT2D eigenvalue weighted by Gasteiger charge is -2.13. The molecule has 1 heterocycles. The highest BCUT2D eigenvalue weighted by molar-refractivity contribution is 7.86. The summed E-state index contributed by atoms with van der Waals surface area (Å²) in [6, 6.07) is 2.24. The van der Waals surface area contributed by atoms with Crippen LogP contribution in [-0.2, 0) is 10.8 Å². The van der Waals surface area contributed by atoms with Gasteiger partial charge in [-0.1, -0.05) is 0 Å². The Labute approximate surface area is 90.9 Å². The largest absolute Gasteiger partial charge is 0.497 e. The lowest BCUT2D eigenvalue weighted by Crippen LogP contribution is -2.32. The van der Waals surface area contributed by atoms with Gasteiger partial charge in [-0.2, -0.15) is 8.78 Å². The van der Waals surface area contributed by atoms with Gasteiger partial charge < -0.3 is 4.74 Å². The van der Waals surface area contributed by atoms with Crippen LogP contribution in [0.25, 0.3) is 0 Å². The first-order valence-corrected chi connectivity index (χ1v) is 5.12. The molecule has 0 amide bonds. The first kappa shape index (κ1) is 12.9. The summed E-state index contributed by atoms with van der Waals surface area (Å²) in [4.78, 5) is 3.34. The Morgan fingerprint density at radius 1 is 1.50 bits per heavy atom. The summed E-state index contributed by atoms with van der Waals surface area (Å²) in [6.45, 7) is 0. The van der Waals surface area contributed by atoms with Gasteiger partial charge in [-0.3, -0.25) is 0 Å². The van der Waals surface area contributed by atoms with E-state index < -0.39 is 27.5 Å². The molecule has 0 aliphatic rings. The summed E-state index contributed by atoms with van der Waals surface area (Å²) < 4.78 is 65.1. The van der Waals surface area contributed by atoms with Crippen LogP contribution in [0.5, 0.6) is 5.75 Å². The number of rotatable bonds is 4. The smallest absolute Gasteiger partial charge is 0.386 e. The summed E-state index contributed by atoms with van der Waals surface area (Å²) in [5.74, 6) is 0.114. The lowest BCUT2D eigenvalue weighted by molar-refractivity contribution is -0.0603. The van der Waals surface area contributed by atoms with Crippen molar-refractivity contribution in [1.29, 1.82) is 0 Å². The predicted molar refractivity (Wildman–Crippen MR) is 48.1 cm³/mol. The Bertz CT molecular complexity index is 399. The number of alkyl halides is 4. The molecule has 0 radical (unpaired) electrons. The van der Waals surface area contributed by atoms with Crippen LogP contribution >= 0.6 is 0 Å². The fourth-order valence-electron chi connectivity index (χ4n) is 0.840. The van der Waals surface area contributed by atoms with Crippen LogP contribution < -0.4 is 4.74 Å². The zero-order valence-corrected chi connectivity index (χ0v) is 8.81. The number of hydrogen-bond donors (Lipinski definition) is 0. The number of ether oxygens (including phenoxy) is 1. The van der Waals surface area contributed by atoms with Gasteiger partial charge in [0.15, 0.2) is 0 Å².